The predicted molar refractivity (Wildman–Crippen MR) is 110 cm³/mol. The zero-order valence-electron chi connectivity index (χ0n) is 16.9. The third-order valence-corrected chi connectivity index (χ3v) is 5.36. The average Bonchev–Trinajstić information content (AvgIpc) is 3.02. The number of hydrogen-bond acceptors (Lipinski definition) is 5. The molecule has 0 aliphatic carbocycles. The zero-order chi connectivity index (χ0) is 21.1. The molecule has 0 radical (unpaired) electrons. The molecule has 2 aliphatic rings. The second-order valence-corrected chi connectivity index (χ2v) is 7.30. The first kappa shape index (κ1) is 19.9. The summed E-state index contributed by atoms with van der Waals surface area (Å²) in [5, 5.41) is 0. The number of amides is 3. The maximum atomic E-state index is 12.7. The average molecular weight is 408 g/mol. The molecule has 7 heteroatoms. The van der Waals surface area contributed by atoms with Crippen molar-refractivity contribution in [1.82, 2.24) is 9.80 Å². The molecule has 0 fully saturated rings. The molecule has 156 valence electrons. The van der Waals surface area contributed by atoms with Gasteiger partial charge in [0.25, 0.3) is 11.8 Å². The van der Waals surface area contributed by atoms with Gasteiger partial charge in [0.15, 0.2) is 11.5 Å². The number of carbonyl (C=O) groups is 3. The second-order valence-electron chi connectivity index (χ2n) is 7.30. The lowest BCUT2D eigenvalue weighted by atomic mass is 10.1. The van der Waals surface area contributed by atoms with Gasteiger partial charge in [-0.2, -0.15) is 0 Å². The molecule has 2 aromatic rings. The second kappa shape index (κ2) is 8.57. The first-order valence-corrected chi connectivity index (χ1v) is 10.2. The van der Waals surface area contributed by atoms with E-state index in [1.807, 2.05) is 25.1 Å². The van der Waals surface area contributed by atoms with E-state index in [2.05, 4.69) is 0 Å². The summed E-state index contributed by atoms with van der Waals surface area (Å²) in [6.45, 7) is 4.27. The van der Waals surface area contributed by atoms with E-state index in [0.29, 0.717) is 49.6 Å². The Balaban J connectivity index is 1.32. The fourth-order valence-corrected chi connectivity index (χ4v) is 3.77. The van der Waals surface area contributed by atoms with Gasteiger partial charge in [0.05, 0.1) is 11.1 Å². The third-order valence-electron chi connectivity index (χ3n) is 5.36. The highest BCUT2D eigenvalue weighted by molar-refractivity contribution is 6.21. The lowest BCUT2D eigenvalue weighted by Gasteiger charge is -2.23. The lowest BCUT2D eigenvalue weighted by molar-refractivity contribution is -0.131. The summed E-state index contributed by atoms with van der Waals surface area (Å²) in [5.41, 5.74) is 1.83. The fraction of sp³-hybridized carbons (Fsp3) is 0.348. The van der Waals surface area contributed by atoms with Gasteiger partial charge in [-0.25, -0.2) is 0 Å². The Labute approximate surface area is 175 Å². The van der Waals surface area contributed by atoms with E-state index in [4.69, 9.17) is 9.47 Å². The molecule has 2 aliphatic heterocycles. The van der Waals surface area contributed by atoms with Gasteiger partial charge >= 0.3 is 0 Å². The van der Waals surface area contributed by atoms with Crippen LogP contribution in [0, 0.1) is 0 Å². The van der Waals surface area contributed by atoms with Crippen molar-refractivity contribution < 1.29 is 23.9 Å². The van der Waals surface area contributed by atoms with Gasteiger partial charge in [-0.05, 0) is 43.2 Å². The van der Waals surface area contributed by atoms with Crippen LogP contribution in [0.1, 0.15) is 46.0 Å². The van der Waals surface area contributed by atoms with E-state index >= 15 is 0 Å². The summed E-state index contributed by atoms with van der Waals surface area (Å²) in [4.78, 5) is 40.5. The van der Waals surface area contributed by atoms with E-state index in [9.17, 15) is 14.4 Å². The van der Waals surface area contributed by atoms with Crippen LogP contribution in [0.5, 0.6) is 11.5 Å². The normalized spacial score (nSPS) is 14.6. The van der Waals surface area contributed by atoms with E-state index in [1.54, 1.807) is 29.2 Å². The van der Waals surface area contributed by atoms with Crippen LogP contribution in [0.15, 0.2) is 42.5 Å². The van der Waals surface area contributed by atoms with Gasteiger partial charge in [-0.1, -0.05) is 18.2 Å². The third kappa shape index (κ3) is 3.87. The molecule has 0 N–H and O–H groups in total. The Morgan fingerprint density at radius 3 is 2.33 bits per heavy atom. The molecule has 0 spiro atoms. The minimum absolute atomic E-state index is 0.0102. The SMILES string of the molecule is CCN(Cc1ccc2c(c1)OCCO2)C(=O)CCCN1C(=O)c2ccccc2C1=O. The standard InChI is InChI=1S/C23H24N2O5/c1-2-24(15-16-9-10-19-20(14-16)30-13-12-29-19)21(26)8-5-11-25-22(27)17-6-3-4-7-18(17)23(25)28/h3-4,6-7,9-10,14H,2,5,8,11-13,15H2,1H3. The summed E-state index contributed by atoms with van der Waals surface area (Å²) in [6.07, 6.45) is 0.702. The molecule has 0 saturated heterocycles. The Bertz CT molecular complexity index is 952. The molecule has 3 amide bonds. The van der Waals surface area contributed by atoms with Crippen molar-refractivity contribution in [2.75, 3.05) is 26.3 Å². The minimum atomic E-state index is -0.285. The van der Waals surface area contributed by atoms with Crippen molar-refractivity contribution in [1.29, 1.82) is 0 Å². The maximum Gasteiger partial charge on any atom is 0.261 e. The summed E-state index contributed by atoms with van der Waals surface area (Å²) >= 11 is 0. The predicted octanol–water partition coefficient (Wildman–Crippen LogP) is 2.88. The number of carbonyl (C=O) groups excluding carboxylic acids is 3. The fourth-order valence-electron chi connectivity index (χ4n) is 3.77. The quantitative estimate of drug-likeness (QED) is 0.659. The smallest absolute Gasteiger partial charge is 0.261 e. The maximum absolute atomic E-state index is 12.7. The molecule has 0 bridgehead atoms. The highest BCUT2D eigenvalue weighted by Gasteiger charge is 2.34. The van der Waals surface area contributed by atoms with Gasteiger partial charge in [-0.15, -0.1) is 0 Å². The summed E-state index contributed by atoms with van der Waals surface area (Å²) in [7, 11) is 0. The summed E-state index contributed by atoms with van der Waals surface area (Å²) in [5.74, 6) is 0.843. The zero-order valence-corrected chi connectivity index (χ0v) is 16.9. The van der Waals surface area contributed by atoms with Crippen LogP contribution in [0.3, 0.4) is 0 Å². The van der Waals surface area contributed by atoms with Crippen LogP contribution in [0.25, 0.3) is 0 Å². The van der Waals surface area contributed by atoms with Crippen molar-refractivity contribution in [2.45, 2.75) is 26.3 Å². The van der Waals surface area contributed by atoms with Crippen LogP contribution in [-0.4, -0.2) is 53.8 Å². The van der Waals surface area contributed by atoms with Crippen LogP contribution in [0.2, 0.25) is 0 Å². The summed E-state index contributed by atoms with van der Waals surface area (Å²) < 4.78 is 11.1. The van der Waals surface area contributed by atoms with Gasteiger partial charge in [0, 0.05) is 26.1 Å². The van der Waals surface area contributed by atoms with Gasteiger partial charge in [0.1, 0.15) is 13.2 Å². The highest BCUT2D eigenvalue weighted by atomic mass is 16.6. The van der Waals surface area contributed by atoms with Crippen molar-refractivity contribution in [3.05, 3.63) is 59.2 Å². The van der Waals surface area contributed by atoms with Crippen molar-refractivity contribution in [3.63, 3.8) is 0 Å². The first-order chi connectivity index (χ1) is 14.6. The lowest BCUT2D eigenvalue weighted by Crippen LogP contribution is -2.33. The van der Waals surface area contributed by atoms with E-state index < -0.39 is 0 Å². The van der Waals surface area contributed by atoms with E-state index in [0.717, 1.165) is 11.3 Å². The van der Waals surface area contributed by atoms with Gasteiger partial charge in [-0.3, -0.25) is 19.3 Å². The molecule has 0 unspecified atom stereocenters. The van der Waals surface area contributed by atoms with E-state index in [-0.39, 0.29) is 30.7 Å². The summed E-state index contributed by atoms with van der Waals surface area (Å²) in [6, 6.07) is 12.5. The Morgan fingerprint density at radius 1 is 1.00 bits per heavy atom. The highest BCUT2D eigenvalue weighted by Crippen LogP contribution is 2.31. The number of benzene rings is 2. The number of rotatable bonds is 7. The van der Waals surface area contributed by atoms with Crippen molar-refractivity contribution in [2.24, 2.45) is 0 Å². The largest absolute Gasteiger partial charge is 0.486 e. The first-order valence-electron chi connectivity index (χ1n) is 10.2. The number of hydrogen-bond donors (Lipinski definition) is 0. The number of ether oxygens (including phenoxy) is 2. The van der Waals surface area contributed by atoms with Crippen LogP contribution in [0.4, 0.5) is 0 Å². The van der Waals surface area contributed by atoms with Gasteiger partial charge in [0.2, 0.25) is 5.91 Å². The topological polar surface area (TPSA) is 76.2 Å². The molecule has 2 heterocycles. The van der Waals surface area contributed by atoms with Crippen LogP contribution < -0.4 is 9.47 Å². The molecule has 30 heavy (non-hydrogen) atoms. The van der Waals surface area contributed by atoms with Crippen LogP contribution in [-0.2, 0) is 11.3 Å². The van der Waals surface area contributed by atoms with E-state index in [1.165, 1.54) is 4.90 Å². The number of fused-ring (bicyclic) bond motifs is 2. The Hall–Kier alpha value is -3.35. The molecular weight excluding hydrogens is 384 g/mol. The minimum Gasteiger partial charge on any atom is -0.486 e. The van der Waals surface area contributed by atoms with Crippen molar-refractivity contribution in [3.8, 4) is 11.5 Å². The molecule has 0 saturated carbocycles. The molecule has 4 rings (SSSR count). The molecule has 0 aromatic heterocycles. The Morgan fingerprint density at radius 2 is 1.67 bits per heavy atom. The van der Waals surface area contributed by atoms with Crippen LogP contribution >= 0.6 is 0 Å². The van der Waals surface area contributed by atoms with Crippen molar-refractivity contribution >= 4 is 17.7 Å². The number of imide groups is 1. The molecule has 2 aromatic carbocycles. The molecular formula is C23H24N2O5. The molecule has 0 atom stereocenters. The monoisotopic (exact) mass is 408 g/mol. The Kier molecular flexibility index (Phi) is 5.70. The number of nitrogens with zero attached hydrogens (tertiary/aromatic N) is 2. The molecule has 7 nitrogen and oxygen atoms in total. The van der Waals surface area contributed by atoms with Gasteiger partial charge < -0.3 is 14.4 Å².